The highest BCUT2D eigenvalue weighted by Crippen LogP contribution is 2.48. The molecule has 2 heteroatoms. The normalized spacial score (nSPS) is 10.9. The Morgan fingerprint density at radius 1 is 0.371 bits per heavy atom. The van der Waals surface area contributed by atoms with Gasteiger partial charge in [0.25, 0.3) is 0 Å². The van der Waals surface area contributed by atoms with E-state index in [0.29, 0.717) is 0 Å². The van der Waals surface area contributed by atoms with Gasteiger partial charge in [-0.2, -0.15) is 0 Å². The second kappa shape index (κ2) is 9.28. The Kier molecular flexibility index (Phi) is 5.54. The Morgan fingerprint density at radius 2 is 0.800 bits per heavy atom. The summed E-state index contributed by atoms with van der Waals surface area (Å²) >= 11 is 0. The van der Waals surface area contributed by atoms with Crippen molar-refractivity contribution in [3.8, 4) is 56.0 Å². The first kappa shape index (κ1) is 20.9. The molecule has 0 aliphatic heterocycles. The number of nitrogens with one attached hydrogen (secondary N) is 1. The maximum atomic E-state index is 5.39. The van der Waals surface area contributed by atoms with Crippen LogP contribution in [0.15, 0.2) is 140 Å². The fourth-order valence-electron chi connectivity index (χ4n) is 4.73. The third-order valence-electron chi connectivity index (χ3n) is 6.28. The summed E-state index contributed by atoms with van der Waals surface area (Å²) in [4.78, 5) is 8.81. The van der Waals surface area contributed by atoms with E-state index in [-0.39, 0.29) is 0 Å². The first-order valence-corrected chi connectivity index (χ1v) is 11.8. The molecule has 0 spiro atoms. The number of nitrogens with zero attached hydrogens (tertiary/aromatic N) is 1. The lowest BCUT2D eigenvalue weighted by atomic mass is 9.84. The smallest absolute Gasteiger partial charge is 0.0956 e. The predicted molar refractivity (Wildman–Crippen MR) is 146 cm³/mol. The average Bonchev–Trinajstić information content (AvgIpc) is 3.49. The van der Waals surface area contributed by atoms with Gasteiger partial charge >= 0.3 is 0 Å². The topological polar surface area (TPSA) is 28.7 Å². The molecular weight excluding hydrogens is 424 g/mol. The maximum absolute atomic E-state index is 5.39. The van der Waals surface area contributed by atoms with Gasteiger partial charge in [0.1, 0.15) is 0 Å². The van der Waals surface area contributed by atoms with Gasteiger partial charge < -0.3 is 4.98 Å². The second-order valence-corrected chi connectivity index (χ2v) is 8.48. The molecule has 166 valence electrons. The first-order chi connectivity index (χ1) is 17.4. The molecule has 0 bridgehead atoms. The maximum Gasteiger partial charge on any atom is 0.0956 e. The van der Waals surface area contributed by atoms with Crippen molar-refractivity contribution in [2.75, 3.05) is 0 Å². The number of H-pyrrole nitrogens is 1. The highest BCUT2D eigenvalue weighted by molar-refractivity contribution is 6.04. The van der Waals surface area contributed by atoms with E-state index < -0.39 is 0 Å². The van der Waals surface area contributed by atoms with E-state index in [0.717, 1.165) is 50.5 Å². The van der Waals surface area contributed by atoms with Gasteiger partial charge in [-0.3, -0.25) is 0 Å². The van der Waals surface area contributed by atoms with Crippen LogP contribution in [0.3, 0.4) is 0 Å². The molecule has 0 aliphatic carbocycles. The zero-order valence-corrected chi connectivity index (χ0v) is 19.2. The number of aromatic nitrogens is 2. The van der Waals surface area contributed by atoms with Crippen LogP contribution in [0.25, 0.3) is 56.0 Å². The average molecular weight is 449 g/mol. The minimum Gasteiger partial charge on any atom is -0.360 e. The standard InChI is InChI=1S/C33H24N2/c1-5-14-24(15-6-1)29-30(25-16-7-2-8-17-25)32(27-20-11-4-12-21-27)35-33(28-22-13-23-34-28)31(29)26-18-9-3-10-19-26/h1-23,34H. The summed E-state index contributed by atoms with van der Waals surface area (Å²) in [5, 5.41) is 0. The summed E-state index contributed by atoms with van der Waals surface area (Å²) in [6, 6.07) is 46.5. The third kappa shape index (κ3) is 3.96. The van der Waals surface area contributed by atoms with Gasteiger partial charge in [-0.05, 0) is 28.8 Å². The molecule has 0 atom stereocenters. The second-order valence-electron chi connectivity index (χ2n) is 8.48. The van der Waals surface area contributed by atoms with Crippen LogP contribution < -0.4 is 0 Å². The summed E-state index contributed by atoms with van der Waals surface area (Å²) in [7, 11) is 0. The molecule has 0 saturated heterocycles. The molecule has 0 radical (unpaired) electrons. The van der Waals surface area contributed by atoms with E-state index in [1.165, 1.54) is 5.56 Å². The molecular formula is C33H24N2. The molecule has 4 aromatic carbocycles. The van der Waals surface area contributed by atoms with Crippen molar-refractivity contribution in [2.24, 2.45) is 0 Å². The minimum atomic E-state index is 0.943. The van der Waals surface area contributed by atoms with Crippen molar-refractivity contribution in [3.05, 3.63) is 140 Å². The lowest BCUT2D eigenvalue weighted by Crippen LogP contribution is -2.01. The Balaban J connectivity index is 1.84. The quantitative estimate of drug-likeness (QED) is 0.281. The van der Waals surface area contributed by atoms with E-state index in [9.17, 15) is 0 Å². The van der Waals surface area contributed by atoms with Gasteiger partial charge in [0.2, 0.25) is 0 Å². The van der Waals surface area contributed by atoms with Crippen molar-refractivity contribution in [2.45, 2.75) is 0 Å². The molecule has 0 amide bonds. The fourth-order valence-corrected chi connectivity index (χ4v) is 4.73. The molecule has 0 aliphatic rings. The zero-order valence-electron chi connectivity index (χ0n) is 19.2. The van der Waals surface area contributed by atoms with Crippen molar-refractivity contribution in [1.29, 1.82) is 0 Å². The molecule has 0 unspecified atom stereocenters. The number of benzene rings is 4. The van der Waals surface area contributed by atoms with E-state index in [1.54, 1.807) is 0 Å². The Bertz CT molecular complexity index is 1540. The fraction of sp³-hybridized carbons (Fsp3) is 0. The van der Waals surface area contributed by atoms with E-state index in [2.05, 4.69) is 126 Å². The Hall–Kier alpha value is -4.69. The van der Waals surface area contributed by atoms with Crippen LogP contribution in [0.4, 0.5) is 0 Å². The molecule has 2 nitrogen and oxygen atoms in total. The van der Waals surface area contributed by atoms with Crippen molar-refractivity contribution < 1.29 is 0 Å². The van der Waals surface area contributed by atoms with Gasteiger partial charge in [0.05, 0.1) is 17.1 Å². The molecule has 0 fully saturated rings. The van der Waals surface area contributed by atoms with Gasteiger partial charge in [0, 0.05) is 28.5 Å². The predicted octanol–water partition coefficient (Wildman–Crippen LogP) is 8.74. The summed E-state index contributed by atoms with van der Waals surface area (Å²) in [6.45, 7) is 0. The Labute approximate surface area is 205 Å². The van der Waals surface area contributed by atoms with Gasteiger partial charge in [-0.15, -0.1) is 0 Å². The van der Waals surface area contributed by atoms with Crippen molar-refractivity contribution >= 4 is 0 Å². The number of hydrogen-bond donors (Lipinski definition) is 1. The first-order valence-electron chi connectivity index (χ1n) is 11.8. The summed E-state index contributed by atoms with van der Waals surface area (Å²) in [5.41, 5.74) is 10.9. The van der Waals surface area contributed by atoms with Gasteiger partial charge in [-0.25, -0.2) is 4.98 Å². The van der Waals surface area contributed by atoms with Crippen LogP contribution >= 0.6 is 0 Å². The molecule has 0 saturated carbocycles. The summed E-state index contributed by atoms with van der Waals surface area (Å²) in [5.74, 6) is 0. The van der Waals surface area contributed by atoms with E-state index in [4.69, 9.17) is 4.98 Å². The van der Waals surface area contributed by atoms with E-state index >= 15 is 0 Å². The van der Waals surface area contributed by atoms with Crippen molar-refractivity contribution in [1.82, 2.24) is 9.97 Å². The molecule has 2 aromatic heterocycles. The number of aromatic amines is 1. The summed E-state index contributed by atoms with van der Waals surface area (Å²) in [6.07, 6.45) is 1.96. The lowest BCUT2D eigenvalue weighted by Gasteiger charge is -2.22. The molecule has 6 aromatic rings. The molecule has 35 heavy (non-hydrogen) atoms. The van der Waals surface area contributed by atoms with Gasteiger partial charge in [-0.1, -0.05) is 121 Å². The highest BCUT2D eigenvalue weighted by Gasteiger charge is 2.25. The molecule has 2 heterocycles. The van der Waals surface area contributed by atoms with Crippen LogP contribution in [-0.4, -0.2) is 9.97 Å². The SMILES string of the molecule is c1ccc(-c2nc(-c3ccc[nH]3)c(-c3ccccc3)c(-c3ccccc3)c2-c2ccccc2)cc1. The van der Waals surface area contributed by atoms with Crippen molar-refractivity contribution in [3.63, 3.8) is 0 Å². The van der Waals surface area contributed by atoms with Crippen LogP contribution in [0.1, 0.15) is 0 Å². The van der Waals surface area contributed by atoms with Crippen LogP contribution in [-0.2, 0) is 0 Å². The largest absolute Gasteiger partial charge is 0.360 e. The van der Waals surface area contributed by atoms with E-state index in [1.807, 2.05) is 18.3 Å². The highest BCUT2D eigenvalue weighted by atomic mass is 14.8. The lowest BCUT2D eigenvalue weighted by molar-refractivity contribution is 1.28. The third-order valence-corrected chi connectivity index (χ3v) is 6.28. The number of pyridine rings is 1. The zero-order chi connectivity index (χ0) is 23.5. The number of hydrogen-bond acceptors (Lipinski definition) is 1. The monoisotopic (exact) mass is 448 g/mol. The van der Waals surface area contributed by atoms with Crippen LogP contribution in [0.5, 0.6) is 0 Å². The van der Waals surface area contributed by atoms with Gasteiger partial charge in [0.15, 0.2) is 0 Å². The minimum absolute atomic E-state index is 0.943. The van der Waals surface area contributed by atoms with Crippen LogP contribution in [0, 0.1) is 0 Å². The Morgan fingerprint density at radius 3 is 1.26 bits per heavy atom. The summed E-state index contributed by atoms with van der Waals surface area (Å²) < 4.78 is 0. The number of rotatable bonds is 5. The molecule has 1 N–H and O–H groups in total. The molecule has 6 rings (SSSR count). The van der Waals surface area contributed by atoms with Crippen LogP contribution in [0.2, 0.25) is 0 Å².